The van der Waals surface area contributed by atoms with Crippen LogP contribution in [0.3, 0.4) is 0 Å². The van der Waals surface area contributed by atoms with Crippen molar-refractivity contribution in [3.05, 3.63) is 0 Å². The first-order valence-electron chi connectivity index (χ1n) is 14.1. The molecule has 0 N–H and O–H groups in total. The molecule has 5 nitrogen and oxygen atoms in total. The van der Waals surface area contributed by atoms with E-state index in [9.17, 15) is 0 Å². The van der Waals surface area contributed by atoms with Crippen molar-refractivity contribution >= 4 is 22.3 Å². The minimum absolute atomic E-state index is 0.426. The second kappa shape index (κ2) is 16.5. The van der Waals surface area contributed by atoms with E-state index >= 15 is 0 Å². The van der Waals surface area contributed by atoms with Crippen LogP contribution in [-0.2, 0) is 13.6 Å². The molecule has 0 aromatic heterocycles. The Labute approximate surface area is 214 Å². The molecule has 0 saturated carbocycles. The minimum Gasteiger partial charge on any atom is -0.418 e. The topological polar surface area (TPSA) is 43.3 Å². The van der Waals surface area contributed by atoms with Gasteiger partial charge < -0.3 is 13.6 Å². The zero-order valence-electron chi connectivity index (χ0n) is 24.3. The van der Waals surface area contributed by atoms with Gasteiger partial charge in [-0.25, -0.2) is 0 Å². The Bertz CT molecular complexity index is 527. The molecule has 7 heteroatoms. The van der Waals surface area contributed by atoms with Crippen LogP contribution < -0.4 is 0 Å². The Hall–Kier alpha value is -0.216. The second-order valence-corrected chi connectivity index (χ2v) is 21.1. The first kappa shape index (κ1) is 31.8. The van der Waals surface area contributed by atoms with Crippen LogP contribution in [0.5, 0.6) is 0 Å². The van der Waals surface area contributed by atoms with Gasteiger partial charge in [-0.15, -0.1) is 0 Å². The van der Waals surface area contributed by atoms with Gasteiger partial charge in [-0.05, 0) is 102 Å². The van der Waals surface area contributed by atoms with Gasteiger partial charge in [-0.1, -0.05) is 26.7 Å². The van der Waals surface area contributed by atoms with Crippen molar-refractivity contribution in [1.29, 1.82) is 0 Å². The molecule has 3 atom stereocenters. The maximum Gasteiger partial charge on any atom is 0.183 e. The summed E-state index contributed by atoms with van der Waals surface area (Å²) in [6, 6.07) is 0.426. The van der Waals surface area contributed by atoms with Crippen LogP contribution in [0, 0.1) is 11.8 Å². The molecule has 1 saturated heterocycles. The van der Waals surface area contributed by atoms with Crippen LogP contribution >= 0.6 is 0 Å². The predicted molar refractivity (Wildman–Crippen MR) is 153 cm³/mol. The summed E-state index contributed by atoms with van der Waals surface area (Å²) in [5, 5.41) is 7.85. The van der Waals surface area contributed by atoms with Crippen molar-refractivity contribution in [1.82, 2.24) is 5.01 Å². The SMILES string of the molecule is CCC[C@@H](CCCO[Si](C)(C)C)C(=NN1CCC[C@H]1COC)[C@@H](CCC)CCCO[Si](C)(C)C. The fourth-order valence-electron chi connectivity index (χ4n) is 4.95. The van der Waals surface area contributed by atoms with Crippen LogP contribution in [0.1, 0.15) is 78.1 Å². The molecule has 202 valence electrons. The number of hydrogen-bond acceptors (Lipinski definition) is 5. The van der Waals surface area contributed by atoms with Crippen LogP contribution in [0.25, 0.3) is 0 Å². The summed E-state index contributed by atoms with van der Waals surface area (Å²) in [5.74, 6) is 1.10. The third kappa shape index (κ3) is 13.8. The molecular formula is C27H58N2O3Si2. The van der Waals surface area contributed by atoms with Gasteiger partial charge >= 0.3 is 0 Å². The summed E-state index contributed by atoms with van der Waals surface area (Å²) >= 11 is 0. The van der Waals surface area contributed by atoms with Gasteiger partial charge in [0.2, 0.25) is 0 Å². The Morgan fingerprint density at radius 2 is 1.35 bits per heavy atom. The molecule has 1 aliphatic rings. The van der Waals surface area contributed by atoms with E-state index in [0.29, 0.717) is 17.9 Å². The van der Waals surface area contributed by atoms with Crippen LogP contribution in [0.2, 0.25) is 39.3 Å². The largest absolute Gasteiger partial charge is 0.418 e. The lowest BCUT2D eigenvalue weighted by atomic mass is 9.81. The number of hydrogen-bond donors (Lipinski definition) is 0. The monoisotopic (exact) mass is 514 g/mol. The lowest BCUT2D eigenvalue weighted by molar-refractivity contribution is 0.117. The standard InChI is InChI=1S/C27H58N2O3Si2/c1-10-15-24(17-13-21-31-33(4,5)6)27(28-29-20-12-19-26(29)23-30-3)25(16-11-2)18-14-22-32-34(7,8)9/h24-26H,10-23H2,1-9H3/t24-,25-,26-/m0/s1. The third-order valence-corrected chi connectivity index (χ3v) is 8.66. The normalized spacial score (nSPS) is 18.9. The van der Waals surface area contributed by atoms with E-state index < -0.39 is 16.6 Å². The molecule has 0 amide bonds. The van der Waals surface area contributed by atoms with E-state index in [0.717, 1.165) is 39.2 Å². The van der Waals surface area contributed by atoms with Gasteiger partial charge in [0.05, 0.1) is 12.6 Å². The summed E-state index contributed by atoms with van der Waals surface area (Å²) in [6.07, 6.45) is 11.9. The summed E-state index contributed by atoms with van der Waals surface area (Å²) in [4.78, 5) is 0. The molecule has 0 radical (unpaired) electrons. The number of methoxy groups -OCH3 is 1. The highest BCUT2D eigenvalue weighted by atomic mass is 28.4. The molecule has 0 bridgehead atoms. The van der Waals surface area contributed by atoms with Crippen LogP contribution in [0.4, 0.5) is 0 Å². The summed E-state index contributed by atoms with van der Waals surface area (Å²) in [5.41, 5.74) is 1.47. The lowest BCUT2D eigenvalue weighted by Crippen LogP contribution is -2.34. The average Bonchev–Trinajstić information content (AvgIpc) is 3.17. The molecule has 1 rings (SSSR count). The second-order valence-electron chi connectivity index (χ2n) is 12.1. The number of hydrazone groups is 1. The Morgan fingerprint density at radius 1 is 0.853 bits per heavy atom. The lowest BCUT2D eigenvalue weighted by Gasteiger charge is -2.31. The zero-order valence-corrected chi connectivity index (χ0v) is 26.3. The number of ether oxygens (including phenoxy) is 1. The molecule has 1 aliphatic heterocycles. The van der Waals surface area contributed by atoms with Crippen molar-refractivity contribution in [2.24, 2.45) is 16.9 Å². The van der Waals surface area contributed by atoms with E-state index in [1.165, 1.54) is 57.1 Å². The number of nitrogens with zero attached hydrogens (tertiary/aromatic N) is 2. The quantitative estimate of drug-likeness (QED) is 0.101. The highest BCUT2D eigenvalue weighted by Crippen LogP contribution is 2.29. The molecule has 34 heavy (non-hydrogen) atoms. The van der Waals surface area contributed by atoms with Gasteiger partial charge in [0.1, 0.15) is 0 Å². The molecule has 0 aliphatic carbocycles. The summed E-state index contributed by atoms with van der Waals surface area (Å²) in [7, 11) is -1.10. The van der Waals surface area contributed by atoms with E-state index in [2.05, 4.69) is 58.1 Å². The molecule has 0 aromatic carbocycles. The van der Waals surface area contributed by atoms with E-state index in [-0.39, 0.29) is 0 Å². The summed E-state index contributed by atoms with van der Waals surface area (Å²) < 4.78 is 17.9. The van der Waals surface area contributed by atoms with Crippen LogP contribution in [-0.4, -0.2) is 66.9 Å². The van der Waals surface area contributed by atoms with Crippen molar-refractivity contribution in [3.63, 3.8) is 0 Å². The highest BCUT2D eigenvalue weighted by molar-refractivity contribution is 6.70. The van der Waals surface area contributed by atoms with Crippen molar-refractivity contribution in [2.45, 2.75) is 123 Å². The minimum atomic E-state index is -1.46. The van der Waals surface area contributed by atoms with Crippen LogP contribution in [0.15, 0.2) is 5.10 Å². The predicted octanol–water partition coefficient (Wildman–Crippen LogP) is 7.55. The van der Waals surface area contributed by atoms with Gasteiger partial charge in [-0.3, -0.25) is 5.01 Å². The zero-order chi connectivity index (χ0) is 25.6. The molecule has 0 spiro atoms. The average molecular weight is 515 g/mol. The molecule has 0 unspecified atom stereocenters. The first-order valence-corrected chi connectivity index (χ1v) is 20.9. The fraction of sp³-hybridized carbons (Fsp3) is 0.963. The highest BCUT2D eigenvalue weighted by Gasteiger charge is 2.29. The van der Waals surface area contributed by atoms with Gasteiger partial charge in [0, 0.05) is 32.6 Å². The maximum absolute atomic E-state index is 6.20. The fourth-order valence-corrected chi connectivity index (χ4v) is 6.47. The summed E-state index contributed by atoms with van der Waals surface area (Å²) in [6.45, 7) is 22.0. The molecule has 1 fully saturated rings. The molecule has 1 heterocycles. The van der Waals surface area contributed by atoms with E-state index in [1.807, 2.05) is 7.11 Å². The Balaban J connectivity index is 3.06. The van der Waals surface area contributed by atoms with Gasteiger partial charge in [0.15, 0.2) is 16.6 Å². The smallest absolute Gasteiger partial charge is 0.183 e. The Morgan fingerprint density at radius 3 is 1.76 bits per heavy atom. The molecule has 0 aromatic rings. The van der Waals surface area contributed by atoms with E-state index in [1.54, 1.807) is 0 Å². The maximum atomic E-state index is 6.20. The third-order valence-electron chi connectivity index (χ3n) is 6.52. The first-order chi connectivity index (χ1) is 16.0. The molecular weight excluding hydrogens is 456 g/mol. The van der Waals surface area contributed by atoms with E-state index in [4.69, 9.17) is 18.7 Å². The van der Waals surface area contributed by atoms with Crippen molar-refractivity contribution < 1.29 is 13.6 Å². The number of rotatable bonds is 19. The van der Waals surface area contributed by atoms with Gasteiger partial charge in [0.25, 0.3) is 0 Å². The Kier molecular flexibility index (Phi) is 15.5. The van der Waals surface area contributed by atoms with Crippen molar-refractivity contribution in [2.75, 3.05) is 33.5 Å². The van der Waals surface area contributed by atoms with Gasteiger partial charge in [-0.2, -0.15) is 5.10 Å². The van der Waals surface area contributed by atoms with Crippen molar-refractivity contribution in [3.8, 4) is 0 Å².